The number of aromatic nitrogens is 1. The standard InChI is InChI=1S/C25H20Cl2N2O4/c1-2-33-18-5-3-4-17(12-18)23(30)21-22(16-6-7-19(26)20(27)13-16)29(25(32)24(21)31)14-15-8-10-28-11-9-15/h3-13,22,30H,2,14H2,1H3. The number of rotatable bonds is 6. The quantitative estimate of drug-likeness (QED) is 0.288. The molecule has 0 radical (unpaired) electrons. The lowest BCUT2D eigenvalue weighted by Crippen LogP contribution is -2.29. The number of pyridine rings is 1. The van der Waals surface area contributed by atoms with Gasteiger partial charge in [0.1, 0.15) is 11.5 Å². The van der Waals surface area contributed by atoms with Gasteiger partial charge >= 0.3 is 0 Å². The summed E-state index contributed by atoms with van der Waals surface area (Å²) in [7, 11) is 0. The summed E-state index contributed by atoms with van der Waals surface area (Å²) >= 11 is 12.3. The Balaban J connectivity index is 1.87. The van der Waals surface area contributed by atoms with Gasteiger partial charge in [-0.1, -0.05) is 41.4 Å². The minimum atomic E-state index is -0.858. The van der Waals surface area contributed by atoms with Crippen LogP contribution in [0.2, 0.25) is 10.0 Å². The van der Waals surface area contributed by atoms with Crippen LogP contribution >= 0.6 is 23.2 Å². The molecule has 0 bridgehead atoms. The molecule has 0 saturated carbocycles. The first-order valence-corrected chi connectivity index (χ1v) is 11.0. The zero-order valence-corrected chi connectivity index (χ0v) is 19.2. The lowest BCUT2D eigenvalue weighted by molar-refractivity contribution is -0.140. The van der Waals surface area contributed by atoms with Gasteiger partial charge in [-0.05, 0) is 54.4 Å². The zero-order chi connectivity index (χ0) is 23.5. The van der Waals surface area contributed by atoms with Crippen LogP contribution in [0.25, 0.3) is 5.76 Å². The number of nitrogens with zero attached hydrogens (tertiary/aromatic N) is 2. The van der Waals surface area contributed by atoms with E-state index in [0.29, 0.717) is 28.5 Å². The maximum absolute atomic E-state index is 13.2. The molecule has 1 aliphatic heterocycles. The monoisotopic (exact) mass is 482 g/mol. The Morgan fingerprint density at radius 1 is 1.06 bits per heavy atom. The van der Waals surface area contributed by atoms with Crippen LogP contribution in [0.4, 0.5) is 0 Å². The van der Waals surface area contributed by atoms with E-state index >= 15 is 0 Å². The van der Waals surface area contributed by atoms with Crippen molar-refractivity contribution in [1.29, 1.82) is 0 Å². The molecule has 0 spiro atoms. The Morgan fingerprint density at radius 3 is 2.52 bits per heavy atom. The molecule has 2 aromatic carbocycles. The van der Waals surface area contributed by atoms with E-state index in [9.17, 15) is 14.7 Å². The van der Waals surface area contributed by atoms with Gasteiger partial charge in [-0.3, -0.25) is 14.6 Å². The summed E-state index contributed by atoms with van der Waals surface area (Å²) in [6.07, 6.45) is 3.22. The van der Waals surface area contributed by atoms with Crippen molar-refractivity contribution in [3.05, 3.63) is 99.3 Å². The number of aliphatic hydroxyl groups excluding tert-OH is 1. The summed E-state index contributed by atoms with van der Waals surface area (Å²) in [6.45, 7) is 2.44. The van der Waals surface area contributed by atoms with Gasteiger partial charge in [-0.2, -0.15) is 0 Å². The van der Waals surface area contributed by atoms with Crippen LogP contribution in [0, 0.1) is 0 Å². The minimum Gasteiger partial charge on any atom is -0.507 e. The molecular weight excluding hydrogens is 463 g/mol. The van der Waals surface area contributed by atoms with E-state index in [1.807, 2.05) is 6.92 Å². The molecule has 1 fully saturated rings. The van der Waals surface area contributed by atoms with E-state index < -0.39 is 17.7 Å². The fourth-order valence-corrected chi connectivity index (χ4v) is 4.12. The highest BCUT2D eigenvalue weighted by molar-refractivity contribution is 6.46. The van der Waals surface area contributed by atoms with E-state index in [2.05, 4.69) is 4.98 Å². The predicted molar refractivity (Wildman–Crippen MR) is 126 cm³/mol. The van der Waals surface area contributed by atoms with Gasteiger partial charge in [-0.25, -0.2) is 0 Å². The molecule has 2 heterocycles. The highest BCUT2D eigenvalue weighted by atomic mass is 35.5. The maximum Gasteiger partial charge on any atom is 0.295 e. The summed E-state index contributed by atoms with van der Waals surface area (Å²) in [5.41, 5.74) is 1.68. The summed E-state index contributed by atoms with van der Waals surface area (Å²) in [4.78, 5) is 31.7. The topological polar surface area (TPSA) is 79.7 Å². The number of carbonyl (C=O) groups is 2. The smallest absolute Gasteiger partial charge is 0.295 e. The number of ether oxygens (including phenoxy) is 1. The number of aliphatic hydroxyl groups is 1. The number of carbonyl (C=O) groups excluding carboxylic acids is 2. The Morgan fingerprint density at radius 2 is 1.82 bits per heavy atom. The molecule has 4 rings (SSSR count). The van der Waals surface area contributed by atoms with Gasteiger partial charge in [0.15, 0.2) is 0 Å². The molecule has 33 heavy (non-hydrogen) atoms. The minimum absolute atomic E-state index is 0.0268. The fraction of sp³-hybridized carbons (Fsp3) is 0.160. The average Bonchev–Trinajstić information content (AvgIpc) is 3.06. The Hall–Kier alpha value is -3.35. The molecule has 6 nitrogen and oxygen atoms in total. The number of hydrogen-bond donors (Lipinski definition) is 1. The first-order chi connectivity index (χ1) is 15.9. The third-order valence-electron chi connectivity index (χ3n) is 5.32. The number of ketones is 1. The van der Waals surface area contributed by atoms with Gasteiger partial charge < -0.3 is 14.7 Å². The molecular formula is C25H20Cl2N2O4. The second kappa shape index (κ2) is 9.65. The highest BCUT2D eigenvalue weighted by Gasteiger charge is 2.46. The Bertz CT molecular complexity index is 1240. The molecule has 1 N–H and O–H groups in total. The largest absolute Gasteiger partial charge is 0.507 e. The predicted octanol–water partition coefficient (Wildman–Crippen LogP) is 5.41. The molecule has 8 heteroatoms. The van der Waals surface area contributed by atoms with Crippen LogP contribution in [0.5, 0.6) is 5.75 Å². The number of amides is 1. The van der Waals surface area contributed by atoms with Gasteiger partial charge in [0.2, 0.25) is 0 Å². The SMILES string of the molecule is CCOc1cccc(C(O)=C2C(=O)C(=O)N(Cc3ccncc3)C2c2ccc(Cl)c(Cl)c2)c1. The molecule has 3 aromatic rings. The van der Waals surface area contributed by atoms with Crippen molar-refractivity contribution < 1.29 is 19.4 Å². The molecule has 1 unspecified atom stereocenters. The summed E-state index contributed by atoms with van der Waals surface area (Å²) in [5.74, 6) is -1.24. The third-order valence-corrected chi connectivity index (χ3v) is 6.06. The second-order valence-corrected chi connectivity index (χ2v) is 8.23. The molecule has 0 aliphatic carbocycles. The van der Waals surface area contributed by atoms with E-state index in [1.54, 1.807) is 67.0 Å². The Kier molecular flexibility index (Phi) is 6.67. The number of benzene rings is 2. The number of likely N-dealkylation sites (tertiary alicyclic amines) is 1. The Labute approximate surface area is 201 Å². The number of Topliss-reactive ketones (excluding diaryl/α,β-unsaturated/α-hetero) is 1. The number of halogens is 2. The van der Waals surface area contributed by atoms with Crippen molar-refractivity contribution in [2.75, 3.05) is 6.61 Å². The third kappa shape index (κ3) is 4.58. The molecule has 1 aromatic heterocycles. The first kappa shape index (κ1) is 22.8. The molecule has 1 saturated heterocycles. The van der Waals surface area contributed by atoms with Gasteiger partial charge in [-0.15, -0.1) is 0 Å². The van der Waals surface area contributed by atoms with Gasteiger partial charge in [0.25, 0.3) is 11.7 Å². The van der Waals surface area contributed by atoms with Crippen molar-refractivity contribution in [3.8, 4) is 5.75 Å². The summed E-state index contributed by atoms with van der Waals surface area (Å²) in [5, 5.41) is 11.8. The van der Waals surface area contributed by atoms with Crippen molar-refractivity contribution >= 4 is 40.7 Å². The lowest BCUT2D eigenvalue weighted by Gasteiger charge is -2.25. The molecule has 1 atom stereocenters. The van der Waals surface area contributed by atoms with Crippen LogP contribution in [-0.2, 0) is 16.1 Å². The second-order valence-electron chi connectivity index (χ2n) is 7.42. The normalized spacial score (nSPS) is 17.4. The van der Waals surface area contributed by atoms with Crippen LogP contribution in [0.15, 0.2) is 72.6 Å². The van der Waals surface area contributed by atoms with Crippen molar-refractivity contribution in [2.24, 2.45) is 0 Å². The van der Waals surface area contributed by atoms with Crippen molar-refractivity contribution in [3.63, 3.8) is 0 Å². The van der Waals surface area contributed by atoms with Crippen LogP contribution < -0.4 is 4.74 Å². The van der Waals surface area contributed by atoms with Crippen LogP contribution in [0.3, 0.4) is 0 Å². The van der Waals surface area contributed by atoms with Crippen molar-refractivity contribution in [2.45, 2.75) is 19.5 Å². The zero-order valence-electron chi connectivity index (χ0n) is 17.7. The van der Waals surface area contributed by atoms with E-state index in [0.717, 1.165) is 5.56 Å². The first-order valence-electron chi connectivity index (χ1n) is 10.3. The van der Waals surface area contributed by atoms with E-state index in [1.165, 1.54) is 4.90 Å². The van der Waals surface area contributed by atoms with Gasteiger partial charge in [0.05, 0.1) is 28.3 Å². The van der Waals surface area contributed by atoms with E-state index in [-0.39, 0.29) is 22.9 Å². The highest BCUT2D eigenvalue weighted by Crippen LogP contribution is 2.42. The summed E-state index contributed by atoms with van der Waals surface area (Å²) < 4.78 is 5.51. The molecule has 1 aliphatic rings. The average molecular weight is 483 g/mol. The summed E-state index contributed by atoms with van der Waals surface area (Å²) in [6, 6.07) is 14.3. The van der Waals surface area contributed by atoms with Gasteiger partial charge in [0, 0.05) is 24.5 Å². The lowest BCUT2D eigenvalue weighted by atomic mass is 9.95. The molecule has 1 amide bonds. The van der Waals surface area contributed by atoms with E-state index in [4.69, 9.17) is 27.9 Å². The van der Waals surface area contributed by atoms with Crippen molar-refractivity contribution in [1.82, 2.24) is 9.88 Å². The van der Waals surface area contributed by atoms with Crippen LogP contribution in [0.1, 0.15) is 29.7 Å². The fourth-order valence-electron chi connectivity index (χ4n) is 3.81. The van der Waals surface area contributed by atoms with Crippen LogP contribution in [-0.4, -0.2) is 33.3 Å². The number of hydrogen-bond acceptors (Lipinski definition) is 5. The maximum atomic E-state index is 13.2. The molecule has 168 valence electrons.